The van der Waals surface area contributed by atoms with Gasteiger partial charge in [0.05, 0.1) is 10.7 Å². The molecule has 0 saturated heterocycles. The van der Waals surface area contributed by atoms with Crippen molar-refractivity contribution in [3.05, 3.63) is 64.7 Å². The number of nitrogens with one attached hydrogen (secondary N) is 2. The van der Waals surface area contributed by atoms with E-state index in [2.05, 4.69) is 65.4 Å². The van der Waals surface area contributed by atoms with Crippen molar-refractivity contribution in [3.63, 3.8) is 0 Å². The third-order valence-electron chi connectivity index (χ3n) is 4.93. The van der Waals surface area contributed by atoms with Crippen LogP contribution in [0.4, 0.5) is 5.69 Å². The summed E-state index contributed by atoms with van der Waals surface area (Å²) in [5.74, 6) is 0. The predicted molar refractivity (Wildman–Crippen MR) is 125 cm³/mol. The van der Waals surface area contributed by atoms with Crippen molar-refractivity contribution in [2.45, 2.75) is 46.1 Å². The molecule has 1 unspecified atom stereocenters. The van der Waals surface area contributed by atoms with Crippen LogP contribution in [0.3, 0.4) is 0 Å². The van der Waals surface area contributed by atoms with Crippen LogP contribution in [0.5, 0.6) is 0 Å². The molecule has 0 radical (unpaired) electrons. The molecule has 0 spiro atoms. The van der Waals surface area contributed by atoms with Gasteiger partial charge in [-0.05, 0) is 60.9 Å². The molecule has 5 nitrogen and oxygen atoms in total. The van der Waals surface area contributed by atoms with Crippen molar-refractivity contribution in [2.75, 3.05) is 25.0 Å². The van der Waals surface area contributed by atoms with Gasteiger partial charge in [0.2, 0.25) is 0 Å². The number of benzene rings is 2. The zero-order valence-corrected chi connectivity index (χ0v) is 19.5. The Labute approximate surface area is 186 Å². The molecule has 0 heterocycles. The van der Waals surface area contributed by atoms with E-state index in [-0.39, 0.29) is 12.0 Å². The van der Waals surface area contributed by atoms with Gasteiger partial charge in [-0.1, -0.05) is 61.8 Å². The van der Waals surface area contributed by atoms with Crippen molar-refractivity contribution in [2.24, 2.45) is 5.41 Å². The fourth-order valence-corrected chi connectivity index (χ4v) is 3.97. The fourth-order valence-electron chi connectivity index (χ4n) is 3.41. The Morgan fingerprint density at radius 3 is 2.53 bits per heavy atom. The van der Waals surface area contributed by atoms with E-state index in [1.165, 1.54) is 5.56 Å². The number of hydrogen-bond acceptors (Lipinski definition) is 4. The van der Waals surface area contributed by atoms with Crippen molar-refractivity contribution < 1.29 is 14.0 Å². The van der Waals surface area contributed by atoms with Crippen molar-refractivity contribution >= 4 is 25.5 Å². The van der Waals surface area contributed by atoms with Crippen LogP contribution in [0.1, 0.15) is 44.2 Å². The smallest absolute Gasteiger partial charge is 0.384 e. The summed E-state index contributed by atoms with van der Waals surface area (Å²) in [6.45, 7) is 7.21. The molecule has 2 rings (SSSR count). The SMILES string of the molecule is CC(C)(CCCNc1ccc(CNCCCO[P+](=O)O)cc1Cl)Cc1ccccc1. The molecule has 30 heavy (non-hydrogen) atoms. The third-order valence-corrected chi connectivity index (χ3v) is 5.65. The molecule has 2 aromatic rings. The molecule has 0 aromatic heterocycles. The average molecular weight is 452 g/mol. The van der Waals surface area contributed by atoms with Crippen LogP contribution < -0.4 is 10.6 Å². The van der Waals surface area contributed by atoms with Crippen LogP contribution in [0.2, 0.25) is 5.02 Å². The highest BCUT2D eigenvalue weighted by atomic mass is 35.5. The summed E-state index contributed by atoms with van der Waals surface area (Å²) in [6.07, 6.45) is 3.99. The standard InChI is InChI=1S/C23H32ClN2O3P/c1-23(2,17-19-8-4-3-5-9-19)12-6-14-26-22-11-10-20(16-21(22)24)18-25-13-7-15-29-30(27)28/h3-5,8-11,16,25-26H,6-7,12-15,17-18H2,1-2H3/p+1. The molecule has 7 heteroatoms. The summed E-state index contributed by atoms with van der Waals surface area (Å²) in [6, 6.07) is 16.7. The fraction of sp³-hybridized carbons (Fsp3) is 0.478. The molecule has 0 amide bonds. The minimum Gasteiger partial charge on any atom is -0.384 e. The van der Waals surface area contributed by atoms with Crippen LogP contribution in [0.15, 0.2) is 48.5 Å². The number of anilines is 1. The van der Waals surface area contributed by atoms with Gasteiger partial charge in [0.1, 0.15) is 6.61 Å². The summed E-state index contributed by atoms with van der Waals surface area (Å²) < 4.78 is 15.0. The minimum absolute atomic E-state index is 0.264. The molecule has 0 fully saturated rings. The van der Waals surface area contributed by atoms with Gasteiger partial charge >= 0.3 is 8.25 Å². The number of halogens is 1. The first-order chi connectivity index (χ1) is 14.4. The van der Waals surface area contributed by atoms with E-state index in [1.54, 1.807) is 0 Å². The van der Waals surface area contributed by atoms with Crippen molar-refractivity contribution in [1.29, 1.82) is 0 Å². The Hall–Kier alpha value is -1.49. The summed E-state index contributed by atoms with van der Waals surface area (Å²) in [4.78, 5) is 8.57. The Bertz CT molecular complexity index is 787. The lowest BCUT2D eigenvalue weighted by molar-refractivity contribution is 0.276. The molecular formula is C23H33ClN2O3P+. The molecular weight excluding hydrogens is 419 g/mol. The lowest BCUT2D eigenvalue weighted by Crippen LogP contribution is -2.17. The van der Waals surface area contributed by atoms with Gasteiger partial charge in [0.15, 0.2) is 0 Å². The zero-order valence-electron chi connectivity index (χ0n) is 17.9. The molecule has 0 bridgehead atoms. The topological polar surface area (TPSA) is 70.6 Å². The predicted octanol–water partition coefficient (Wildman–Crippen LogP) is 5.95. The van der Waals surface area contributed by atoms with Crippen molar-refractivity contribution in [1.82, 2.24) is 5.32 Å². The van der Waals surface area contributed by atoms with E-state index in [1.807, 2.05) is 12.1 Å². The van der Waals surface area contributed by atoms with Crippen LogP contribution in [0.25, 0.3) is 0 Å². The first-order valence-electron chi connectivity index (χ1n) is 10.4. The van der Waals surface area contributed by atoms with E-state index < -0.39 is 8.25 Å². The van der Waals surface area contributed by atoms with Crippen LogP contribution in [-0.4, -0.2) is 24.6 Å². The highest BCUT2D eigenvalue weighted by molar-refractivity contribution is 7.32. The monoisotopic (exact) mass is 451 g/mol. The lowest BCUT2D eigenvalue weighted by atomic mass is 9.81. The van der Waals surface area contributed by atoms with Crippen LogP contribution in [-0.2, 0) is 22.1 Å². The van der Waals surface area contributed by atoms with Gasteiger partial charge < -0.3 is 10.6 Å². The second kappa shape index (κ2) is 13.0. The summed E-state index contributed by atoms with van der Waals surface area (Å²) in [5.41, 5.74) is 3.71. The lowest BCUT2D eigenvalue weighted by Gasteiger charge is -2.25. The Balaban J connectivity index is 1.67. The molecule has 3 N–H and O–H groups in total. The highest BCUT2D eigenvalue weighted by Gasteiger charge is 2.18. The third kappa shape index (κ3) is 10.0. The van der Waals surface area contributed by atoms with Crippen molar-refractivity contribution in [3.8, 4) is 0 Å². The Kier molecular flexibility index (Phi) is 10.8. The molecule has 2 aromatic carbocycles. The summed E-state index contributed by atoms with van der Waals surface area (Å²) >= 11 is 6.43. The molecule has 164 valence electrons. The Morgan fingerprint density at radius 1 is 1.07 bits per heavy atom. The maximum absolute atomic E-state index is 10.4. The van der Waals surface area contributed by atoms with E-state index in [9.17, 15) is 4.57 Å². The first kappa shape index (κ1) is 24.8. The molecule has 1 atom stereocenters. The van der Waals surface area contributed by atoms with E-state index >= 15 is 0 Å². The summed E-state index contributed by atoms with van der Waals surface area (Å²) in [7, 11) is -2.50. The maximum Gasteiger partial charge on any atom is 0.694 e. The summed E-state index contributed by atoms with van der Waals surface area (Å²) in [5, 5.41) is 7.45. The molecule has 0 aliphatic rings. The average Bonchev–Trinajstić information content (AvgIpc) is 2.69. The molecule has 0 saturated carbocycles. The maximum atomic E-state index is 10.4. The molecule has 0 aliphatic carbocycles. The minimum atomic E-state index is -2.50. The number of hydrogen-bond donors (Lipinski definition) is 3. The highest BCUT2D eigenvalue weighted by Crippen LogP contribution is 2.28. The van der Waals surface area contributed by atoms with Gasteiger partial charge in [0, 0.05) is 17.7 Å². The largest absolute Gasteiger partial charge is 0.694 e. The quantitative estimate of drug-likeness (QED) is 0.244. The van der Waals surface area contributed by atoms with Gasteiger partial charge in [-0.3, -0.25) is 0 Å². The molecule has 0 aliphatic heterocycles. The van der Waals surface area contributed by atoms with E-state index in [4.69, 9.17) is 16.5 Å². The normalized spacial score (nSPS) is 12.1. The zero-order chi connectivity index (χ0) is 21.8. The van der Waals surface area contributed by atoms with Gasteiger partial charge in [-0.2, -0.15) is 0 Å². The van der Waals surface area contributed by atoms with Gasteiger partial charge in [0.25, 0.3) is 0 Å². The van der Waals surface area contributed by atoms with E-state index in [0.29, 0.717) is 19.5 Å². The van der Waals surface area contributed by atoms with Gasteiger partial charge in [-0.15, -0.1) is 9.42 Å². The second-order valence-corrected chi connectivity index (χ2v) is 9.41. The van der Waals surface area contributed by atoms with E-state index in [0.717, 1.165) is 42.1 Å². The first-order valence-corrected chi connectivity index (χ1v) is 11.9. The number of rotatable bonds is 14. The Morgan fingerprint density at radius 2 is 1.83 bits per heavy atom. The van der Waals surface area contributed by atoms with Crippen LogP contribution >= 0.6 is 19.9 Å². The van der Waals surface area contributed by atoms with Crippen LogP contribution in [0, 0.1) is 5.41 Å². The second-order valence-electron chi connectivity index (χ2n) is 8.27. The van der Waals surface area contributed by atoms with Gasteiger partial charge in [-0.25, -0.2) is 0 Å².